The van der Waals surface area contributed by atoms with Crippen molar-refractivity contribution in [3.8, 4) is 0 Å². The standard InChI is InChI=1S/C11H23NO3/c1-5-12(9(3)4)8-10(13)7-11(14)15-6-2/h9-10,13H,5-8H2,1-4H3. The molecule has 0 aromatic heterocycles. The number of likely N-dealkylation sites (N-methyl/N-ethyl adjacent to an activating group) is 1. The minimum absolute atomic E-state index is 0.0804. The molecular formula is C11H23NO3. The van der Waals surface area contributed by atoms with Crippen LogP contribution >= 0.6 is 0 Å². The van der Waals surface area contributed by atoms with Gasteiger partial charge in [-0.05, 0) is 27.3 Å². The summed E-state index contributed by atoms with van der Waals surface area (Å²) in [6, 6.07) is 0.381. The van der Waals surface area contributed by atoms with Crippen LogP contribution in [0.2, 0.25) is 0 Å². The van der Waals surface area contributed by atoms with E-state index in [0.717, 1.165) is 6.54 Å². The molecule has 0 aromatic carbocycles. The van der Waals surface area contributed by atoms with Crippen LogP contribution in [0.25, 0.3) is 0 Å². The molecule has 0 bridgehead atoms. The summed E-state index contributed by atoms with van der Waals surface area (Å²) in [4.78, 5) is 13.2. The molecule has 0 aliphatic heterocycles. The third-order valence-electron chi connectivity index (χ3n) is 2.29. The Morgan fingerprint density at radius 2 is 2.00 bits per heavy atom. The summed E-state index contributed by atoms with van der Waals surface area (Å²) >= 11 is 0. The number of carbonyl (C=O) groups is 1. The van der Waals surface area contributed by atoms with Crippen molar-refractivity contribution in [2.75, 3.05) is 19.7 Å². The van der Waals surface area contributed by atoms with Crippen LogP contribution in [-0.4, -0.2) is 47.8 Å². The van der Waals surface area contributed by atoms with Crippen LogP contribution in [0.5, 0.6) is 0 Å². The molecule has 15 heavy (non-hydrogen) atoms. The van der Waals surface area contributed by atoms with E-state index in [1.807, 2.05) is 6.92 Å². The van der Waals surface area contributed by atoms with Gasteiger partial charge in [-0.2, -0.15) is 0 Å². The van der Waals surface area contributed by atoms with E-state index in [2.05, 4.69) is 18.7 Å². The fourth-order valence-corrected chi connectivity index (χ4v) is 1.45. The van der Waals surface area contributed by atoms with E-state index in [9.17, 15) is 9.90 Å². The summed E-state index contributed by atoms with van der Waals surface area (Å²) in [7, 11) is 0. The highest BCUT2D eigenvalue weighted by molar-refractivity contribution is 5.69. The molecule has 0 rings (SSSR count). The average Bonchev–Trinajstić information content (AvgIpc) is 2.13. The number of aliphatic hydroxyl groups excluding tert-OH is 1. The molecule has 1 atom stereocenters. The van der Waals surface area contributed by atoms with Crippen molar-refractivity contribution in [2.24, 2.45) is 0 Å². The first-order valence-corrected chi connectivity index (χ1v) is 5.58. The van der Waals surface area contributed by atoms with Crippen molar-refractivity contribution in [1.29, 1.82) is 0 Å². The van der Waals surface area contributed by atoms with Gasteiger partial charge in [0.1, 0.15) is 0 Å². The largest absolute Gasteiger partial charge is 0.466 e. The van der Waals surface area contributed by atoms with Gasteiger partial charge in [0.2, 0.25) is 0 Å². The molecule has 0 saturated heterocycles. The Morgan fingerprint density at radius 1 is 1.40 bits per heavy atom. The van der Waals surface area contributed by atoms with E-state index in [0.29, 0.717) is 19.2 Å². The van der Waals surface area contributed by atoms with E-state index in [-0.39, 0.29) is 12.4 Å². The van der Waals surface area contributed by atoms with Gasteiger partial charge >= 0.3 is 5.97 Å². The lowest BCUT2D eigenvalue weighted by Gasteiger charge is -2.26. The van der Waals surface area contributed by atoms with Crippen LogP contribution in [0.3, 0.4) is 0 Å². The highest BCUT2D eigenvalue weighted by Crippen LogP contribution is 2.03. The van der Waals surface area contributed by atoms with Crippen LogP contribution in [0.4, 0.5) is 0 Å². The van der Waals surface area contributed by atoms with Gasteiger partial charge in [0.15, 0.2) is 0 Å². The van der Waals surface area contributed by atoms with Crippen LogP contribution in [0, 0.1) is 0 Å². The van der Waals surface area contributed by atoms with Gasteiger partial charge in [-0.25, -0.2) is 0 Å². The van der Waals surface area contributed by atoms with Crippen LogP contribution in [0.15, 0.2) is 0 Å². The predicted molar refractivity (Wildman–Crippen MR) is 59.6 cm³/mol. The lowest BCUT2D eigenvalue weighted by molar-refractivity contribution is -0.145. The molecule has 1 unspecified atom stereocenters. The van der Waals surface area contributed by atoms with Gasteiger partial charge in [0.05, 0.1) is 19.1 Å². The maximum Gasteiger partial charge on any atom is 0.308 e. The molecule has 1 N–H and O–H groups in total. The Hall–Kier alpha value is -0.610. The average molecular weight is 217 g/mol. The first kappa shape index (κ1) is 14.4. The van der Waals surface area contributed by atoms with Gasteiger partial charge < -0.3 is 9.84 Å². The fraction of sp³-hybridized carbons (Fsp3) is 0.909. The quantitative estimate of drug-likeness (QED) is 0.647. The van der Waals surface area contributed by atoms with Crippen molar-refractivity contribution < 1.29 is 14.6 Å². The summed E-state index contributed by atoms with van der Waals surface area (Å²) in [5.74, 6) is -0.329. The molecule has 0 saturated carbocycles. The zero-order valence-corrected chi connectivity index (χ0v) is 10.2. The molecule has 0 spiro atoms. The third-order valence-corrected chi connectivity index (χ3v) is 2.29. The lowest BCUT2D eigenvalue weighted by atomic mass is 10.2. The maximum absolute atomic E-state index is 11.1. The summed E-state index contributed by atoms with van der Waals surface area (Å²) < 4.78 is 4.77. The highest BCUT2D eigenvalue weighted by Gasteiger charge is 2.16. The first-order valence-electron chi connectivity index (χ1n) is 5.58. The van der Waals surface area contributed by atoms with Crippen LogP contribution in [0.1, 0.15) is 34.1 Å². The Labute approximate surface area is 92.2 Å². The Morgan fingerprint density at radius 3 is 2.40 bits per heavy atom. The second kappa shape index (κ2) is 7.65. The summed E-state index contributed by atoms with van der Waals surface area (Å²) in [6.45, 7) is 9.70. The molecule has 0 radical (unpaired) electrons. The Kier molecular flexibility index (Phi) is 7.34. The number of hydrogen-bond donors (Lipinski definition) is 1. The first-order chi connectivity index (χ1) is 7.01. The number of rotatable bonds is 7. The topological polar surface area (TPSA) is 49.8 Å². The monoisotopic (exact) mass is 217 g/mol. The molecule has 0 aliphatic rings. The highest BCUT2D eigenvalue weighted by atomic mass is 16.5. The number of aliphatic hydroxyl groups is 1. The number of carbonyl (C=O) groups excluding carboxylic acids is 1. The summed E-state index contributed by atoms with van der Waals surface area (Å²) in [5.41, 5.74) is 0. The Bertz CT molecular complexity index is 183. The molecule has 0 amide bonds. The molecule has 0 heterocycles. The number of ether oxygens (including phenoxy) is 1. The minimum atomic E-state index is -0.633. The van der Waals surface area contributed by atoms with Crippen molar-refractivity contribution in [2.45, 2.75) is 46.3 Å². The van der Waals surface area contributed by atoms with E-state index in [1.54, 1.807) is 6.92 Å². The second-order valence-electron chi connectivity index (χ2n) is 3.84. The molecule has 0 aromatic rings. The SMILES string of the molecule is CCOC(=O)CC(O)CN(CC)C(C)C. The van der Waals surface area contributed by atoms with Gasteiger partial charge in [-0.15, -0.1) is 0 Å². The van der Waals surface area contributed by atoms with Crippen molar-refractivity contribution in [3.63, 3.8) is 0 Å². The van der Waals surface area contributed by atoms with E-state index in [1.165, 1.54) is 0 Å². The lowest BCUT2D eigenvalue weighted by Crippen LogP contribution is -2.38. The molecule has 0 fully saturated rings. The van der Waals surface area contributed by atoms with Crippen molar-refractivity contribution in [1.82, 2.24) is 4.90 Å². The molecule has 4 nitrogen and oxygen atoms in total. The zero-order chi connectivity index (χ0) is 11.8. The third kappa shape index (κ3) is 6.47. The summed E-state index contributed by atoms with van der Waals surface area (Å²) in [6.07, 6.45) is -0.553. The van der Waals surface area contributed by atoms with Crippen LogP contribution < -0.4 is 0 Å². The molecule has 0 aliphatic carbocycles. The molecule has 4 heteroatoms. The molecular weight excluding hydrogens is 194 g/mol. The number of hydrogen-bond acceptors (Lipinski definition) is 4. The molecule has 90 valence electrons. The Balaban J connectivity index is 3.90. The van der Waals surface area contributed by atoms with Gasteiger partial charge in [0, 0.05) is 12.6 Å². The number of esters is 1. The number of nitrogens with zero attached hydrogens (tertiary/aromatic N) is 1. The van der Waals surface area contributed by atoms with Crippen LogP contribution in [-0.2, 0) is 9.53 Å². The second-order valence-corrected chi connectivity index (χ2v) is 3.84. The van der Waals surface area contributed by atoms with Crippen molar-refractivity contribution >= 4 is 5.97 Å². The van der Waals surface area contributed by atoms with E-state index >= 15 is 0 Å². The predicted octanol–water partition coefficient (Wildman–Crippen LogP) is 1.03. The fourth-order valence-electron chi connectivity index (χ4n) is 1.45. The van der Waals surface area contributed by atoms with Gasteiger partial charge in [-0.3, -0.25) is 9.69 Å². The maximum atomic E-state index is 11.1. The van der Waals surface area contributed by atoms with E-state index < -0.39 is 6.10 Å². The van der Waals surface area contributed by atoms with Gasteiger partial charge in [-0.1, -0.05) is 6.92 Å². The van der Waals surface area contributed by atoms with E-state index in [4.69, 9.17) is 4.74 Å². The normalized spacial score (nSPS) is 13.3. The zero-order valence-electron chi connectivity index (χ0n) is 10.2. The summed E-state index contributed by atoms with van der Waals surface area (Å²) in [5, 5.41) is 9.65. The van der Waals surface area contributed by atoms with Gasteiger partial charge in [0.25, 0.3) is 0 Å². The minimum Gasteiger partial charge on any atom is -0.466 e. The smallest absolute Gasteiger partial charge is 0.308 e. The van der Waals surface area contributed by atoms with Crippen molar-refractivity contribution in [3.05, 3.63) is 0 Å².